The molecule has 0 spiro atoms. The molecule has 1 heterocycles. The molecule has 2 amide bonds. The summed E-state index contributed by atoms with van der Waals surface area (Å²) in [5.41, 5.74) is 1.86. The summed E-state index contributed by atoms with van der Waals surface area (Å²) in [5.74, 6) is 1.21. The summed E-state index contributed by atoms with van der Waals surface area (Å²) in [7, 11) is 0. The van der Waals surface area contributed by atoms with Crippen LogP contribution in [-0.4, -0.2) is 34.4 Å². The van der Waals surface area contributed by atoms with E-state index in [0.29, 0.717) is 18.1 Å². The smallest absolute Gasteiger partial charge is 0.248 e. The van der Waals surface area contributed by atoms with E-state index >= 15 is 0 Å². The SMILES string of the molecule is Cc1ccc(NC(=O)C2CSCN2C(=O)CC(C)(C)C)cc1. The number of nitrogens with zero attached hydrogens (tertiary/aromatic N) is 1. The van der Waals surface area contributed by atoms with Crippen LogP contribution in [0.15, 0.2) is 24.3 Å². The molecule has 22 heavy (non-hydrogen) atoms. The number of carbonyl (C=O) groups is 2. The molecule has 5 heteroatoms. The summed E-state index contributed by atoms with van der Waals surface area (Å²) in [5, 5.41) is 2.91. The second-order valence-electron chi connectivity index (χ2n) is 6.97. The molecule has 1 aliphatic rings. The molecular formula is C17H24N2O2S. The molecule has 1 saturated heterocycles. The number of carbonyl (C=O) groups excluding carboxylic acids is 2. The number of rotatable bonds is 3. The Kier molecular flexibility index (Phi) is 5.16. The van der Waals surface area contributed by atoms with Crippen molar-refractivity contribution in [2.24, 2.45) is 5.41 Å². The molecule has 2 rings (SSSR count). The van der Waals surface area contributed by atoms with Crippen LogP contribution in [0.1, 0.15) is 32.8 Å². The van der Waals surface area contributed by atoms with Crippen LogP contribution in [0.4, 0.5) is 5.69 Å². The van der Waals surface area contributed by atoms with Gasteiger partial charge >= 0.3 is 0 Å². The van der Waals surface area contributed by atoms with E-state index < -0.39 is 0 Å². The minimum atomic E-state index is -0.374. The van der Waals surface area contributed by atoms with Crippen molar-refractivity contribution in [2.75, 3.05) is 16.9 Å². The van der Waals surface area contributed by atoms with Crippen molar-refractivity contribution in [1.82, 2.24) is 4.90 Å². The quantitative estimate of drug-likeness (QED) is 0.930. The Hall–Kier alpha value is -1.49. The first-order valence-corrected chi connectivity index (χ1v) is 8.66. The van der Waals surface area contributed by atoms with Gasteiger partial charge in [0.15, 0.2) is 0 Å². The van der Waals surface area contributed by atoms with Crippen LogP contribution in [0.25, 0.3) is 0 Å². The monoisotopic (exact) mass is 320 g/mol. The molecule has 1 aromatic carbocycles. The second kappa shape index (κ2) is 6.73. The lowest BCUT2D eigenvalue weighted by Gasteiger charge is -2.26. The Morgan fingerprint density at radius 3 is 2.50 bits per heavy atom. The Morgan fingerprint density at radius 2 is 1.91 bits per heavy atom. The van der Waals surface area contributed by atoms with Gasteiger partial charge in [0.25, 0.3) is 0 Å². The average molecular weight is 320 g/mol. The Balaban J connectivity index is 2.01. The summed E-state index contributed by atoms with van der Waals surface area (Å²) in [4.78, 5) is 26.6. The van der Waals surface area contributed by atoms with Gasteiger partial charge < -0.3 is 10.2 Å². The number of thioether (sulfide) groups is 1. The Morgan fingerprint density at radius 1 is 1.27 bits per heavy atom. The first-order chi connectivity index (χ1) is 10.3. The summed E-state index contributed by atoms with van der Waals surface area (Å²) < 4.78 is 0. The molecule has 0 aliphatic carbocycles. The van der Waals surface area contributed by atoms with Crippen molar-refractivity contribution in [3.63, 3.8) is 0 Å². The van der Waals surface area contributed by atoms with Crippen LogP contribution in [0.2, 0.25) is 0 Å². The highest BCUT2D eigenvalue weighted by Gasteiger charge is 2.35. The average Bonchev–Trinajstić information content (AvgIpc) is 2.89. The maximum atomic E-state index is 12.5. The summed E-state index contributed by atoms with van der Waals surface area (Å²) >= 11 is 1.63. The van der Waals surface area contributed by atoms with E-state index in [-0.39, 0.29) is 23.3 Å². The van der Waals surface area contributed by atoms with Crippen LogP contribution >= 0.6 is 11.8 Å². The zero-order valence-corrected chi connectivity index (χ0v) is 14.5. The molecule has 1 fully saturated rings. The van der Waals surface area contributed by atoms with E-state index in [2.05, 4.69) is 5.32 Å². The van der Waals surface area contributed by atoms with Crippen molar-refractivity contribution < 1.29 is 9.59 Å². The van der Waals surface area contributed by atoms with Gasteiger partial charge in [0.1, 0.15) is 6.04 Å². The molecule has 120 valence electrons. The molecule has 4 nitrogen and oxygen atoms in total. The van der Waals surface area contributed by atoms with Crippen molar-refractivity contribution in [1.29, 1.82) is 0 Å². The largest absolute Gasteiger partial charge is 0.324 e. The van der Waals surface area contributed by atoms with Gasteiger partial charge in [-0.1, -0.05) is 38.5 Å². The highest BCUT2D eigenvalue weighted by molar-refractivity contribution is 7.99. The normalized spacial score (nSPS) is 18.4. The molecule has 1 atom stereocenters. The topological polar surface area (TPSA) is 49.4 Å². The van der Waals surface area contributed by atoms with Gasteiger partial charge in [-0.3, -0.25) is 9.59 Å². The van der Waals surface area contributed by atoms with Crippen molar-refractivity contribution in [2.45, 2.75) is 40.2 Å². The third-order valence-electron chi connectivity index (χ3n) is 3.51. The minimum Gasteiger partial charge on any atom is -0.324 e. The molecule has 1 aromatic rings. The van der Waals surface area contributed by atoms with Gasteiger partial charge in [-0.05, 0) is 24.5 Å². The van der Waals surface area contributed by atoms with E-state index in [9.17, 15) is 9.59 Å². The molecule has 0 radical (unpaired) electrons. The third kappa shape index (κ3) is 4.50. The molecule has 1 aliphatic heterocycles. The fraction of sp³-hybridized carbons (Fsp3) is 0.529. The number of aryl methyl sites for hydroxylation is 1. The van der Waals surface area contributed by atoms with Crippen molar-refractivity contribution in [3.8, 4) is 0 Å². The Bertz CT molecular complexity index is 549. The number of hydrogen-bond acceptors (Lipinski definition) is 3. The van der Waals surface area contributed by atoms with Gasteiger partial charge in [0.05, 0.1) is 5.88 Å². The van der Waals surface area contributed by atoms with Crippen molar-refractivity contribution in [3.05, 3.63) is 29.8 Å². The minimum absolute atomic E-state index is 0.0570. The number of amides is 2. The summed E-state index contributed by atoms with van der Waals surface area (Å²) in [6.45, 7) is 8.12. The highest BCUT2D eigenvalue weighted by atomic mass is 32.2. The molecule has 0 saturated carbocycles. The number of hydrogen-bond donors (Lipinski definition) is 1. The summed E-state index contributed by atoms with van der Waals surface area (Å²) in [6.07, 6.45) is 0.460. The fourth-order valence-electron chi connectivity index (χ4n) is 2.32. The lowest BCUT2D eigenvalue weighted by Crippen LogP contribution is -2.45. The van der Waals surface area contributed by atoms with E-state index in [1.54, 1.807) is 16.7 Å². The molecule has 0 aromatic heterocycles. The highest BCUT2D eigenvalue weighted by Crippen LogP contribution is 2.27. The third-order valence-corrected chi connectivity index (χ3v) is 4.52. The first kappa shape index (κ1) is 16.9. The first-order valence-electron chi connectivity index (χ1n) is 7.51. The van der Waals surface area contributed by atoms with Crippen molar-refractivity contribution >= 4 is 29.3 Å². The lowest BCUT2D eigenvalue weighted by molar-refractivity contribution is -0.137. The van der Waals surface area contributed by atoms with E-state index in [4.69, 9.17) is 0 Å². The standard InChI is InChI=1S/C17H24N2O2S/c1-12-5-7-13(8-6-12)18-16(21)14-10-22-11-19(14)15(20)9-17(2,3)4/h5-8,14H,9-11H2,1-4H3,(H,18,21). The van der Waals surface area contributed by atoms with Crippen LogP contribution in [0, 0.1) is 12.3 Å². The Labute approximate surface area is 136 Å². The molecular weight excluding hydrogens is 296 g/mol. The van der Waals surface area contributed by atoms with E-state index in [1.165, 1.54) is 0 Å². The van der Waals surface area contributed by atoms with Gasteiger partial charge in [0, 0.05) is 17.9 Å². The van der Waals surface area contributed by atoms with Crippen LogP contribution in [0.5, 0.6) is 0 Å². The van der Waals surface area contributed by atoms with Crippen LogP contribution in [-0.2, 0) is 9.59 Å². The van der Waals surface area contributed by atoms with Crippen LogP contribution < -0.4 is 5.32 Å². The summed E-state index contributed by atoms with van der Waals surface area (Å²) in [6, 6.07) is 7.32. The lowest BCUT2D eigenvalue weighted by atomic mass is 9.91. The predicted octanol–water partition coefficient (Wildman–Crippen LogP) is 3.27. The zero-order valence-electron chi connectivity index (χ0n) is 13.7. The molecule has 1 N–H and O–H groups in total. The fourth-order valence-corrected chi connectivity index (χ4v) is 3.50. The number of anilines is 1. The predicted molar refractivity (Wildman–Crippen MR) is 91.8 cm³/mol. The molecule has 1 unspecified atom stereocenters. The zero-order chi connectivity index (χ0) is 16.3. The number of nitrogens with one attached hydrogen (secondary N) is 1. The maximum absolute atomic E-state index is 12.5. The van der Waals surface area contributed by atoms with Gasteiger partial charge in [0.2, 0.25) is 11.8 Å². The van der Waals surface area contributed by atoms with Crippen LogP contribution in [0.3, 0.4) is 0 Å². The molecule has 0 bridgehead atoms. The maximum Gasteiger partial charge on any atom is 0.248 e. The van der Waals surface area contributed by atoms with E-state index in [0.717, 1.165) is 11.3 Å². The van der Waals surface area contributed by atoms with E-state index in [1.807, 2.05) is 52.0 Å². The number of benzene rings is 1. The van der Waals surface area contributed by atoms with Gasteiger partial charge in [-0.15, -0.1) is 11.8 Å². The second-order valence-corrected chi connectivity index (χ2v) is 7.97. The van der Waals surface area contributed by atoms with Gasteiger partial charge in [-0.2, -0.15) is 0 Å². The van der Waals surface area contributed by atoms with Gasteiger partial charge in [-0.25, -0.2) is 0 Å².